The Morgan fingerprint density at radius 3 is 2.84 bits per heavy atom. The monoisotopic (exact) mass is 367 g/mol. The molecule has 0 radical (unpaired) electrons. The van der Waals surface area contributed by atoms with Crippen molar-refractivity contribution in [3.8, 4) is 10.7 Å². The van der Waals surface area contributed by atoms with Crippen LogP contribution in [0.4, 0.5) is 5.69 Å². The molecule has 0 saturated carbocycles. The van der Waals surface area contributed by atoms with Crippen molar-refractivity contribution in [2.45, 2.75) is 11.8 Å². The molecular formula is C19H17N3OS2. The van der Waals surface area contributed by atoms with Crippen molar-refractivity contribution in [2.75, 3.05) is 17.2 Å². The number of anilines is 1. The second-order valence-electron chi connectivity index (χ2n) is 6.04. The maximum atomic E-state index is 13.2. The van der Waals surface area contributed by atoms with Crippen LogP contribution in [0.25, 0.3) is 10.7 Å². The standard InChI is InChI=1S/C19H17N3OS2/c1-13-11-22(15-7-2-3-8-16(15)24-12-13)19(23)17-10-21-18(25-17)14-6-4-5-9-20-14/h2-10,13H,11-12H2,1H3/t13-/m1/s1. The van der Waals surface area contributed by atoms with Crippen LogP contribution in [-0.4, -0.2) is 28.2 Å². The van der Waals surface area contributed by atoms with Crippen LogP contribution in [0.1, 0.15) is 16.6 Å². The first-order valence-electron chi connectivity index (χ1n) is 8.13. The molecule has 0 saturated heterocycles. The number of carbonyl (C=O) groups is 1. The molecule has 0 bridgehead atoms. The number of hydrogen-bond acceptors (Lipinski definition) is 5. The van der Waals surface area contributed by atoms with Gasteiger partial charge in [0.2, 0.25) is 0 Å². The summed E-state index contributed by atoms with van der Waals surface area (Å²) in [5.41, 5.74) is 1.79. The molecule has 1 atom stereocenters. The highest BCUT2D eigenvalue weighted by atomic mass is 32.2. The zero-order valence-electron chi connectivity index (χ0n) is 13.8. The summed E-state index contributed by atoms with van der Waals surface area (Å²) in [5.74, 6) is 1.47. The van der Waals surface area contributed by atoms with Crippen LogP contribution in [0.15, 0.2) is 59.8 Å². The minimum Gasteiger partial charge on any atom is -0.306 e. The third kappa shape index (κ3) is 3.32. The number of para-hydroxylation sites is 1. The Hall–Kier alpha value is -2.18. The Labute approximate surface area is 154 Å². The number of thioether (sulfide) groups is 1. The zero-order valence-corrected chi connectivity index (χ0v) is 15.4. The van der Waals surface area contributed by atoms with Crippen molar-refractivity contribution in [3.05, 3.63) is 59.7 Å². The summed E-state index contributed by atoms with van der Waals surface area (Å²) in [7, 11) is 0. The molecule has 126 valence electrons. The summed E-state index contributed by atoms with van der Waals surface area (Å²) in [6.07, 6.45) is 3.41. The number of amides is 1. The lowest BCUT2D eigenvalue weighted by molar-refractivity contribution is 0.0987. The van der Waals surface area contributed by atoms with Crippen LogP contribution in [-0.2, 0) is 0 Å². The Balaban J connectivity index is 1.68. The topological polar surface area (TPSA) is 46.1 Å². The average molecular weight is 367 g/mol. The number of carbonyl (C=O) groups excluding carboxylic acids is 1. The van der Waals surface area contributed by atoms with Gasteiger partial charge in [0, 0.05) is 23.4 Å². The number of nitrogens with zero attached hydrogens (tertiary/aromatic N) is 3. The number of thiazole rings is 1. The van der Waals surface area contributed by atoms with Gasteiger partial charge in [-0.15, -0.1) is 23.1 Å². The first-order chi connectivity index (χ1) is 12.2. The summed E-state index contributed by atoms with van der Waals surface area (Å²) in [4.78, 5) is 25.6. The van der Waals surface area contributed by atoms with E-state index in [1.165, 1.54) is 11.3 Å². The Kier molecular flexibility index (Phi) is 4.55. The highest BCUT2D eigenvalue weighted by Crippen LogP contribution is 2.36. The second kappa shape index (κ2) is 6.98. The molecule has 0 spiro atoms. The minimum atomic E-state index is 0.0153. The number of aromatic nitrogens is 2. The number of fused-ring (bicyclic) bond motifs is 1. The van der Waals surface area contributed by atoms with Crippen LogP contribution in [0.5, 0.6) is 0 Å². The Bertz CT molecular complexity index is 894. The molecule has 6 heteroatoms. The molecule has 1 aromatic carbocycles. The summed E-state index contributed by atoms with van der Waals surface area (Å²) in [6, 6.07) is 13.8. The zero-order chi connectivity index (χ0) is 17.2. The maximum Gasteiger partial charge on any atom is 0.270 e. The van der Waals surface area contributed by atoms with E-state index in [4.69, 9.17) is 0 Å². The number of hydrogen-bond donors (Lipinski definition) is 0. The van der Waals surface area contributed by atoms with Gasteiger partial charge in [0.1, 0.15) is 9.88 Å². The van der Waals surface area contributed by atoms with E-state index in [9.17, 15) is 4.79 Å². The first kappa shape index (κ1) is 16.3. The molecule has 25 heavy (non-hydrogen) atoms. The van der Waals surface area contributed by atoms with E-state index in [0.717, 1.165) is 33.6 Å². The van der Waals surface area contributed by atoms with E-state index < -0.39 is 0 Å². The fourth-order valence-electron chi connectivity index (χ4n) is 2.80. The van der Waals surface area contributed by atoms with Crippen molar-refractivity contribution < 1.29 is 4.79 Å². The number of pyridine rings is 1. The third-order valence-corrected chi connectivity index (χ3v) is 6.42. The number of rotatable bonds is 2. The van der Waals surface area contributed by atoms with Crippen molar-refractivity contribution in [1.82, 2.24) is 9.97 Å². The highest BCUT2D eigenvalue weighted by molar-refractivity contribution is 7.99. The van der Waals surface area contributed by atoms with E-state index in [1.807, 2.05) is 53.1 Å². The van der Waals surface area contributed by atoms with E-state index in [2.05, 4.69) is 23.0 Å². The van der Waals surface area contributed by atoms with Gasteiger partial charge >= 0.3 is 0 Å². The first-order valence-corrected chi connectivity index (χ1v) is 9.93. The van der Waals surface area contributed by atoms with Crippen molar-refractivity contribution >= 4 is 34.7 Å². The second-order valence-corrected chi connectivity index (χ2v) is 8.14. The van der Waals surface area contributed by atoms with Gasteiger partial charge in [-0.3, -0.25) is 9.78 Å². The minimum absolute atomic E-state index is 0.0153. The van der Waals surface area contributed by atoms with Crippen molar-refractivity contribution in [1.29, 1.82) is 0 Å². The molecule has 4 rings (SSSR count). The van der Waals surface area contributed by atoms with Gasteiger partial charge in [-0.25, -0.2) is 4.98 Å². The van der Waals surface area contributed by atoms with Crippen LogP contribution >= 0.6 is 23.1 Å². The normalized spacial score (nSPS) is 17.0. The SMILES string of the molecule is C[C@H]1CSc2ccccc2N(C(=O)c2cnc(-c3ccccn3)s2)C1. The Morgan fingerprint density at radius 2 is 2.00 bits per heavy atom. The van der Waals surface area contributed by atoms with Crippen LogP contribution in [0, 0.1) is 5.92 Å². The van der Waals surface area contributed by atoms with Crippen LogP contribution in [0.3, 0.4) is 0 Å². The smallest absolute Gasteiger partial charge is 0.270 e. The van der Waals surface area contributed by atoms with Crippen molar-refractivity contribution in [2.24, 2.45) is 5.92 Å². The van der Waals surface area contributed by atoms with Crippen molar-refractivity contribution in [3.63, 3.8) is 0 Å². The van der Waals surface area contributed by atoms with Crippen LogP contribution in [0.2, 0.25) is 0 Å². The molecule has 0 fully saturated rings. The lowest BCUT2D eigenvalue weighted by Gasteiger charge is -2.23. The van der Waals surface area contributed by atoms with E-state index >= 15 is 0 Å². The molecular weight excluding hydrogens is 350 g/mol. The van der Waals surface area contributed by atoms with Gasteiger partial charge in [0.05, 0.1) is 17.6 Å². The molecule has 1 amide bonds. The van der Waals surface area contributed by atoms with E-state index in [0.29, 0.717) is 10.8 Å². The predicted octanol–water partition coefficient (Wildman–Crippen LogP) is 4.59. The van der Waals surface area contributed by atoms with Gasteiger partial charge in [0.15, 0.2) is 0 Å². The molecule has 1 aliphatic heterocycles. The molecule has 3 aromatic rings. The molecule has 0 aliphatic carbocycles. The summed E-state index contributed by atoms with van der Waals surface area (Å²) < 4.78 is 0. The summed E-state index contributed by atoms with van der Waals surface area (Å²) >= 11 is 3.22. The third-order valence-electron chi connectivity index (χ3n) is 4.02. The molecule has 1 aliphatic rings. The molecule has 0 N–H and O–H groups in total. The molecule has 4 nitrogen and oxygen atoms in total. The Morgan fingerprint density at radius 1 is 1.16 bits per heavy atom. The molecule has 3 heterocycles. The van der Waals surface area contributed by atoms with E-state index in [-0.39, 0.29) is 5.91 Å². The molecule has 2 aromatic heterocycles. The lowest BCUT2D eigenvalue weighted by Crippen LogP contribution is -2.34. The van der Waals surface area contributed by atoms with E-state index in [1.54, 1.807) is 12.4 Å². The number of benzene rings is 1. The lowest BCUT2D eigenvalue weighted by atomic mass is 10.2. The summed E-state index contributed by atoms with van der Waals surface area (Å²) in [5, 5.41) is 0.773. The highest BCUT2D eigenvalue weighted by Gasteiger charge is 2.27. The quantitative estimate of drug-likeness (QED) is 0.664. The molecule has 0 unspecified atom stereocenters. The maximum absolute atomic E-state index is 13.2. The van der Waals surface area contributed by atoms with Gasteiger partial charge in [-0.1, -0.05) is 25.1 Å². The van der Waals surface area contributed by atoms with Gasteiger partial charge < -0.3 is 4.90 Å². The fraction of sp³-hybridized carbons (Fsp3) is 0.211. The predicted molar refractivity (Wildman–Crippen MR) is 103 cm³/mol. The van der Waals surface area contributed by atoms with Gasteiger partial charge in [-0.05, 0) is 30.2 Å². The van der Waals surface area contributed by atoms with Gasteiger partial charge in [-0.2, -0.15) is 0 Å². The van der Waals surface area contributed by atoms with Gasteiger partial charge in [0.25, 0.3) is 5.91 Å². The summed E-state index contributed by atoms with van der Waals surface area (Å²) in [6.45, 7) is 2.91. The fourth-order valence-corrected chi connectivity index (χ4v) is 4.72. The largest absolute Gasteiger partial charge is 0.306 e. The average Bonchev–Trinajstić information content (AvgIpc) is 3.09. The van der Waals surface area contributed by atoms with Crippen LogP contribution < -0.4 is 4.90 Å².